The van der Waals surface area contributed by atoms with E-state index in [1.807, 2.05) is 30.0 Å². The number of thioether (sulfide) groups is 1. The van der Waals surface area contributed by atoms with Crippen molar-refractivity contribution in [3.05, 3.63) is 28.8 Å². The quantitative estimate of drug-likeness (QED) is 0.928. The third-order valence-corrected chi connectivity index (χ3v) is 5.13. The number of nitrogens with zero attached hydrogens (tertiary/aromatic N) is 1. The standard InChI is InChI=1S/C14H21ClN2OS/c1-10-9-19-7-6-17(10)12(8-16)14-11(15)4-3-5-13(14)18-2/h3-5,10,12H,6-9,16H2,1-2H3. The SMILES string of the molecule is COc1cccc(Cl)c1C(CN)N1CCSCC1C. The van der Waals surface area contributed by atoms with E-state index in [0.717, 1.165) is 34.4 Å². The molecule has 1 aliphatic heterocycles. The maximum atomic E-state index is 6.38. The van der Waals surface area contributed by atoms with Gasteiger partial charge in [-0.2, -0.15) is 11.8 Å². The van der Waals surface area contributed by atoms with Crippen LogP contribution < -0.4 is 10.5 Å². The van der Waals surface area contributed by atoms with Gasteiger partial charge in [0.05, 0.1) is 13.2 Å². The van der Waals surface area contributed by atoms with Crippen LogP contribution in [-0.4, -0.2) is 42.6 Å². The largest absolute Gasteiger partial charge is 0.496 e. The van der Waals surface area contributed by atoms with E-state index >= 15 is 0 Å². The first-order valence-corrected chi connectivity index (χ1v) is 8.08. The summed E-state index contributed by atoms with van der Waals surface area (Å²) in [5, 5.41) is 0.736. The minimum atomic E-state index is 0.125. The van der Waals surface area contributed by atoms with Gasteiger partial charge in [0.1, 0.15) is 5.75 Å². The molecule has 0 spiro atoms. The fourth-order valence-corrected chi connectivity index (χ4v) is 3.97. The first-order chi connectivity index (χ1) is 9.19. The zero-order valence-electron chi connectivity index (χ0n) is 11.4. The molecule has 106 valence electrons. The van der Waals surface area contributed by atoms with Crippen molar-refractivity contribution in [2.45, 2.75) is 19.0 Å². The molecule has 1 heterocycles. The molecule has 0 aliphatic carbocycles. The van der Waals surface area contributed by atoms with Crippen LogP contribution in [0.1, 0.15) is 18.5 Å². The van der Waals surface area contributed by atoms with Gasteiger partial charge in [-0.1, -0.05) is 17.7 Å². The van der Waals surface area contributed by atoms with E-state index in [4.69, 9.17) is 22.1 Å². The van der Waals surface area contributed by atoms with Crippen LogP contribution in [0.5, 0.6) is 5.75 Å². The summed E-state index contributed by atoms with van der Waals surface area (Å²) in [6.07, 6.45) is 0. The van der Waals surface area contributed by atoms with E-state index in [9.17, 15) is 0 Å². The Balaban J connectivity index is 2.36. The van der Waals surface area contributed by atoms with Gasteiger partial charge in [0.15, 0.2) is 0 Å². The fourth-order valence-electron chi connectivity index (χ4n) is 2.64. The van der Waals surface area contributed by atoms with Gasteiger partial charge in [0.25, 0.3) is 0 Å². The number of hydrogen-bond donors (Lipinski definition) is 1. The smallest absolute Gasteiger partial charge is 0.125 e. The Kier molecular flexibility index (Phi) is 5.39. The van der Waals surface area contributed by atoms with Crippen molar-refractivity contribution >= 4 is 23.4 Å². The molecule has 19 heavy (non-hydrogen) atoms. The summed E-state index contributed by atoms with van der Waals surface area (Å²) in [4.78, 5) is 2.44. The van der Waals surface area contributed by atoms with Gasteiger partial charge in [0.2, 0.25) is 0 Å². The van der Waals surface area contributed by atoms with Crippen LogP contribution in [0, 0.1) is 0 Å². The third-order valence-electron chi connectivity index (χ3n) is 3.61. The van der Waals surface area contributed by atoms with Gasteiger partial charge in [-0.25, -0.2) is 0 Å². The minimum Gasteiger partial charge on any atom is -0.496 e. The fraction of sp³-hybridized carbons (Fsp3) is 0.571. The topological polar surface area (TPSA) is 38.5 Å². The molecule has 1 saturated heterocycles. The van der Waals surface area contributed by atoms with Gasteiger partial charge in [-0.05, 0) is 19.1 Å². The number of benzene rings is 1. The molecule has 5 heteroatoms. The molecule has 2 unspecified atom stereocenters. The molecule has 0 saturated carbocycles. The average Bonchev–Trinajstić information content (AvgIpc) is 2.43. The maximum absolute atomic E-state index is 6.38. The number of ether oxygens (including phenoxy) is 1. The van der Waals surface area contributed by atoms with Crippen LogP contribution >= 0.6 is 23.4 Å². The Labute approximate surface area is 124 Å². The van der Waals surface area contributed by atoms with E-state index in [2.05, 4.69) is 11.8 Å². The summed E-state index contributed by atoms with van der Waals surface area (Å²) in [6, 6.07) is 6.40. The normalized spacial score (nSPS) is 22.2. The van der Waals surface area contributed by atoms with E-state index in [1.165, 1.54) is 0 Å². The maximum Gasteiger partial charge on any atom is 0.125 e. The summed E-state index contributed by atoms with van der Waals surface area (Å²) in [5.41, 5.74) is 7.05. The Morgan fingerprint density at radius 1 is 1.58 bits per heavy atom. The highest BCUT2D eigenvalue weighted by Crippen LogP contribution is 2.37. The van der Waals surface area contributed by atoms with E-state index in [1.54, 1.807) is 7.11 Å². The van der Waals surface area contributed by atoms with Crippen molar-refractivity contribution in [2.75, 3.05) is 31.7 Å². The van der Waals surface area contributed by atoms with Gasteiger partial charge in [-0.15, -0.1) is 0 Å². The van der Waals surface area contributed by atoms with Crippen molar-refractivity contribution in [3.63, 3.8) is 0 Å². The molecule has 2 rings (SSSR count). The predicted molar refractivity (Wildman–Crippen MR) is 83.3 cm³/mol. The molecule has 1 aromatic carbocycles. The molecular formula is C14H21ClN2OS. The van der Waals surface area contributed by atoms with Crippen LogP contribution in [0.3, 0.4) is 0 Å². The van der Waals surface area contributed by atoms with E-state index < -0.39 is 0 Å². The number of rotatable bonds is 4. The summed E-state index contributed by atoms with van der Waals surface area (Å²) >= 11 is 8.38. The van der Waals surface area contributed by atoms with Gasteiger partial charge in [0, 0.05) is 41.2 Å². The van der Waals surface area contributed by atoms with Crippen molar-refractivity contribution in [3.8, 4) is 5.75 Å². The van der Waals surface area contributed by atoms with Crippen LogP contribution in [0.4, 0.5) is 0 Å². The lowest BCUT2D eigenvalue weighted by Crippen LogP contribution is -2.45. The Morgan fingerprint density at radius 3 is 3.00 bits per heavy atom. The molecule has 0 radical (unpaired) electrons. The van der Waals surface area contributed by atoms with E-state index in [0.29, 0.717) is 12.6 Å². The summed E-state index contributed by atoms with van der Waals surface area (Å²) in [7, 11) is 1.68. The highest BCUT2D eigenvalue weighted by molar-refractivity contribution is 7.99. The minimum absolute atomic E-state index is 0.125. The molecular weight excluding hydrogens is 280 g/mol. The molecule has 1 aliphatic rings. The van der Waals surface area contributed by atoms with Gasteiger partial charge < -0.3 is 10.5 Å². The lowest BCUT2D eigenvalue weighted by Gasteiger charge is -2.39. The monoisotopic (exact) mass is 300 g/mol. The molecule has 2 atom stereocenters. The first kappa shape index (κ1) is 15.0. The lowest BCUT2D eigenvalue weighted by molar-refractivity contribution is 0.163. The van der Waals surface area contributed by atoms with Crippen LogP contribution in [-0.2, 0) is 0 Å². The predicted octanol–water partition coefficient (Wildman–Crippen LogP) is 2.79. The second-order valence-corrected chi connectivity index (χ2v) is 6.33. The van der Waals surface area contributed by atoms with Crippen molar-refractivity contribution in [1.29, 1.82) is 0 Å². The molecule has 1 fully saturated rings. The lowest BCUT2D eigenvalue weighted by atomic mass is 10.0. The second kappa shape index (κ2) is 6.84. The summed E-state index contributed by atoms with van der Waals surface area (Å²) < 4.78 is 5.46. The average molecular weight is 301 g/mol. The molecule has 1 aromatic rings. The zero-order valence-corrected chi connectivity index (χ0v) is 13.0. The van der Waals surface area contributed by atoms with Crippen LogP contribution in [0.15, 0.2) is 18.2 Å². The van der Waals surface area contributed by atoms with Crippen LogP contribution in [0.2, 0.25) is 5.02 Å². The van der Waals surface area contributed by atoms with Crippen molar-refractivity contribution in [1.82, 2.24) is 4.90 Å². The second-order valence-electron chi connectivity index (χ2n) is 4.77. The Bertz CT molecular complexity index is 430. The number of methoxy groups -OCH3 is 1. The third kappa shape index (κ3) is 3.19. The van der Waals surface area contributed by atoms with Crippen LogP contribution in [0.25, 0.3) is 0 Å². The Hall–Kier alpha value is -0.420. The summed E-state index contributed by atoms with van der Waals surface area (Å²) in [5.74, 6) is 3.12. The first-order valence-electron chi connectivity index (χ1n) is 6.55. The summed E-state index contributed by atoms with van der Waals surface area (Å²) in [6.45, 7) is 3.84. The molecule has 3 nitrogen and oxygen atoms in total. The highest BCUT2D eigenvalue weighted by atomic mass is 35.5. The zero-order chi connectivity index (χ0) is 13.8. The van der Waals surface area contributed by atoms with E-state index in [-0.39, 0.29) is 6.04 Å². The Morgan fingerprint density at radius 2 is 2.37 bits per heavy atom. The molecule has 0 amide bonds. The van der Waals surface area contributed by atoms with Crippen molar-refractivity contribution in [2.24, 2.45) is 5.73 Å². The number of hydrogen-bond acceptors (Lipinski definition) is 4. The molecule has 0 bridgehead atoms. The molecule has 2 N–H and O–H groups in total. The highest BCUT2D eigenvalue weighted by Gasteiger charge is 2.29. The van der Waals surface area contributed by atoms with Gasteiger partial charge in [-0.3, -0.25) is 4.90 Å². The molecule has 0 aromatic heterocycles. The number of halogens is 1. The van der Waals surface area contributed by atoms with Crippen molar-refractivity contribution < 1.29 is 4.74 Å². The van der Waals surface area contributed by atoms with Gasteiger partial charge >= 0.3 is 0 Å². The number of nitrogens with two attached hydrogens (primary N) is 1.